The Hall–Kier alpha value is -1.46. The summed E-state index contributed by atoms with van der Waals surface area (Å²) < 4.78 is 0. The first-order chi connectivity index (χ1) is 10.6. The second kappa shape index (κ2) is 6.75. The van der Waals surface area contributed by atoms with Crippen LogP contribution in [0.25, 0.3) is 0 Å². The SMILES string of the molecule is CC(=O)N1CCN([C@H]2CN(Cc3ccncc3)C[C@H]2C)CC1. The Bertz CT molecular complexity index is 499. The van der Waals surface area contributed by atoms with Crippen molar-refractivity contribution in [2.45, 2.75) is 26.4 Å². The second-order valence-corrected chi connectivity index (χ2v) is 6.64. The summed E-state index contributed by atoms with van der Waals surface area (Å²) in [4.78, 5) is 22.6. The summed E-state index contributed by atoms with van der Waals surface area (Å²) in [5.41, 5.74) is 1.34. The van der Waals surface area contributed by atoms with E-state index in [2.05, 4.69) is 33.8 Å². The van der Waals surface area contributed by atoms with E-state index in [0.717, 1.165) is 45.8 Å². The maximum absolute atomic E-state index is 11.4. The fraction of sp³-hybridized carbons (Fsp3) is 0.647. The molecule has 0 aliphatic carbocycles. The van der Waals surface area contributed by atoms with E-state index in [9.17, 15) is 4.79 Å². The van der Waals surface area contributed by atoms with E-state index in [1.165, 1.54) is 5.56 Å². The monoisotopic (exact) mass is 302 g/mol. The average Bonchev–Trinajstić information content (AvgIpc) is 2.89. The van der Waals surface area contributed by atoms with E-state index in [4.69, 9.17) is 0 Å². The molecule has 5 nitrogen and oxygen atoms in total. The number of likely N-dealkylation sites (tertiary alicyclic amines) is 1. The molecule has 0 aromatic carbocycles. The van der Waals surface area contributed by atoms with Crippen molar-refractivity contribution in [3.8, 4) is 0 Å². The minimum Gasteiger partial charge on any atom is -0.340 e. The van der Waals surface area contributed by atoms with Crippen molar-refractivity contribution < 1.29 is 4.79 Å². The van der Waals surface area contributed by atoms with Crippen LogP contribution in [0.3, 0.4) is 0 Å². The van der Waals surface area contributed by atoms with Gasteiger partial charge in [0, 0.05) is 71.2 Å². The summed E-state index contributed by atoms with van der Waals surface area (Å²) >= 11 is 0. The molecular weight excluding hydrogens is 276 g/mol. The van der Waals surface area contributed by atoms with Gasteiger partial charge in [0.2, 0.25) is 5.91 Å². The largest absolute Gasteiger partial charge is 0.340 e. The smallest absolute Gasteiger partial charge is 0.219 e. The Kier molecular flexibility index (Phi) is 4.74. The molecular formula is C17H26N4O. The zero-order valence-electron chi connectivity index (χ0n) is 13.6. The van der Waals surface area contributed by atoms with Gasteiger partial charge in [0.25, 0.3) is 0 Å². The highest BCUT2D eigenvalue weighted by molar-refractivity contribution is 5.73. The summed E-state index contributed by atoms with van der Waals surface area (Å²) in [5.74, 6) is 0.893. The van der Waals surface area contributed by atoms with Gasteiger partial charge in [-0.15, -0.1) is 0 Å². The topological polar surface area (TPSA) is 39.7 Å². The van der Waals surface area contributed by atoms with Gasteiger partial charge >= 0.3 is 0 Å². The average molecular weight is 302 g/mol. The number of nitrogens with zero attached hydrogens (tertiary/aromatic N) is 4. The third kappa shape index (κ3) is 3.47. The van der Waals surface area contributed by atoms with Crippen LogP contribution >= 0.6 is 0 Å². The molecule has 120 valence electrons. The molecule has 2 fully saturated rings. The lowest BCUT2D eigenvalue weighted by molar-refractivity contribution is -0.130. The van der Waals surface area contributed by atoms with Gasteiger partial charge in [0.15, 0.2) is 0 Å². The quantitative estimate of drug-likeness (QED) is 0.837. The molecule has 0 saturated carbocycles. The number of rotatable bonds is 3. The molecule has 0 N–H and O–H groups in total. The molecule has 1 aromatic rings. The van der Waals surface area contributed by atoms with Gasteiger partial charge in [-0.3, -0.25) is 19.6 Å². The Balaban J connectivity index is 1.54. The van der Waals surface area contributed by atoms with E-state index in [-0.39, 0.29) is 5.91 Å². The Morgan fingerprint density at radius 2 is 1.86 bits per heavy atom. The molecule has 0 bridgehead atoms. The summed E-state index contributed by atoms with van der Waals surface area (Å²) in [7, 11) is 0. The summed E-state index contributed by atoms with van der Waals surface area (Å²) in [6, 6.07) is 4.82. The molecule has 0 radical (unpaired) electrons. The maximum Gasteiger partial charge on any atom is 0.219 e. The molecule has 3 heterocycles. The molecule has 22 heavy (non-hydrogen) atoms. The van der Waals surface area contributed by atoms with E-state index < -0.39 is 0 Å². The van der Waals surface area contributed by atoms with Crippen LogP contribution < -0.4 is 0 Å². The van der Waals surface area contributed by atoms with Crippen LogP contribution in [-0.4, -0.2) is 70.9 Å². The number of hydrogen-bond donors (Lipinski definition) is 0. The lowest BCUT2D eigenvalue weighted by Crippen LogP contribution is -2.53. The number of carbonyl (C=O) groups is 1. The standard InChI is InChI=1S/C17H26N4O/c1-14-11-19(12-16-3-5-18-6-4-16)13-17(14)21-9-7-20(8-10-21)15(2)22/h3-6,14,17H,7-13H2,1-2H3/t14-,17+/m1/s1. The molecule has 1 aromatic heterocycles. The molecule has 0 spiro atoms. The molecule has 3 rings (SSSR count). The van der Waals surface area contributed by atoms with Gasteiger partial charge in [-0.2, -0.15) is 0 Å². The van der Waals surface area contributed by atoms with Crippen LogP contribution in [0.5, 0.6) is 0 Å². The highest BCUT2D eigenvalue weighted by Crippen LogP contribution is 2.24. The number of pyridine rings is 1. The number of carbonyl (C=O) groups excluding carboxylic acids is 1. The van der Waals surface area contributed by atoms with Gasteiger partial charge in [0.05, 0.1) is 0 Å². The fourth-order valence-electron chi connectivity index (χ4n) is 3.77. The van der Waals surface area contributed by atoms with E-state index in [1.807, 2.05) is 17.3 Å². The molecule has 2 atom stereocenters. The van der Waals surface area contributed by atoms with Crippen molar-refractivity contribution in [2.24, 2.45) is 5.92 Å². The zero-order chi connectivity index (χ0) is 15.5. The van der Waals surface area contributed by atoms with Crippen molar-refractivity contribution in [2.75, 3.05) is 39.3 Å². The van der Waals surface area contributed by atoms with Crippen molar-refractivity contribution in [1.82, 2.24) is 19.7 Å². The summed E-state index contributed by atoms with van der Waals surface area (Å²) in [6.07, 6.45) is 3.74. The van der Waals surface area contributed by atoms with Gasteiger partial charge in [-0.1, -0.05) is 6.92 Å². The predicted octanol–water partition coefficient (Wildman–Crippen LogP) is 1.07. The number of amides is 1. The zero-order valence-corrected chi connectivity index (χ0v) is 13.6. The first kappa shape index (κ1) is 15.4. The lowest BCUT2D eigenvalue weighted by Gasteiger charge is -2.39. The van der Waals surface area contributed by atoms with E-state index in [1.54, 1.807) is 6.92 Å². The first-order valence-corrected chi connectivity index (χ1v) is 8.24. The van der Waals surface area contributed by atoms with E-state index in [0.29, 0.717) is 12.0 Å². The summed E-state index contributed by atoms with van der Waals surface area (Å²) in [5, 5.41) is 0. The van der Waals surface area contributed by atoms with Crippen LogP contribution in [0.4, 0.5) is 0 Å². The second-order valence-electron chi connectivity index (χ2n) is 6.64. The van der Waals surface area contributed by atoms with Crippen LogP contribution in [0, 0.1) is 5.92 Å². The maximum atomic E-state index is 11.4. The fourth-order valence-corrected chi connectivity index (χ4v) is 3.77. The molecule has 2 aliphatic heterocycles. The van der Waals surface area contributed by atoms with Crippen LogP contribution in [-0.2, 0) is 11.3 Å². The Morgan fingerprint density at radius 3 is 2.50 bits per heavy atom. The van der Waals surface area contributed by atoms with Crippen molar-refractivity contribution >= 4 is 5.91 Å². The van der Waals surface area contributed by atoms with Crippen LogP contribution in [0.2, 0.25) is 0 Å². The first-order valence-electron chi connectivity index (χ1n) is 8.24. The Morgan fingerprint density at radius 1 is 1.18 bits per heavy atom. The Labute approximate surface area is 132 Å². The highest BCUT2D eigenvalue weighted by Gasteiger charge is 2.35. The minimum absolute atomic E-state index is 0.207. The van der Waals surface area contributed by atoms with Crippen molar-refractivity contribution in [3.63, 3.8) is 0 Å². The van der Waals surface area contributed by atoms with Gasteiger partial charge in [-0.25, -0.2) is 0 Å². The van der Waals surface area contributed by atoms with Crippen molar-refractivity contribution in [1.29, 1.82) is 0 Å². The number of aromatic nitrogens is 1. The molecule has 2 saturated heterocycles. The lowest BCUT2D eigenvalue weighted by atomic mass is 10.0. The minimum atomic E-state index is 0.207. The third-order valence-electron chi connectivity index (χ3n) is 5.03. The summed E-state index contributed by atoms with van der Waals surface area (Å²) in [6.45, 7) is 11.1. The van der Waals surface area contributed by atoms with Gasteiger partial charge < -0.3 is 4.90 Å². The number of piperazine rings is 1. The van der Waals surface area contributed by atoms with Crippen LogP contribution in [0.15, 0.2) is 24.5 Å². The van der Waals surface area contributed by atoms with Crippen LogP contribution in [0.1, 0.15) is 19.4 Å². The third-order valence-corrected chi connectivity index (χ3v) is 5.03. The normalized spacial score (nSPS) is 27.3. The highest BCUT2D eigenvalue weighted by atomic mass is 16.2. The van der Waals surface area contributed by atoms with Gasteiger partial charge in [-0.05, 0) is 23.6 Å². The molecule has 2 aliphatic rings. The van der Waals surface area contributed by atoms with Crippen molar-refractivity contribution in [3.05, 3.63) is 30.1 Å². The molecule has 1 amide bonds. The number of hydrogen-bond acceptors (Lipinski definition) is 4. The van der Waals surface area contributed by atoms with Gasteiger partial charge in [0.1, 0.15) is 0 Å². The molecule has 0 unspecified atom stereocenters. The molecule has 5 heteroatoms. The predicted molar refractivity (Wildman–Crippen MR) is 86.3 cm³/mol. The van der Waals surface area contributed by atoms with E-state index >= 15 is 0 Å².